The summed E-state index contributed by atoms with van der Waals surface area (Å²) in [6.07, 6.45) is -9.61. The Labute approximate surface area is 463 Å². The average molecular weight is 1160 g/mol. The lowest BCUT2D eigenvalue weighted by atomic mass is 9.91. The summed E-state index contributed by atoms with van der Waals surface area (Å²) in [5, 5.41) is 102. The third-order valence-electron chi connectivity index (χ3n) is 14.9. The monoisotopic (exact) mass is 1160 g/mol. The van der Waals surface area contributed by atoms with Crippen LogP contribution in [0.15, 0.2) is 24.3 Å². The van der Waals surface area contributed by atoms with E-state index in [0.29, 0.717) is 24.7 Å². The van der Waals surface area contributed by atoms with E-state index in [1.54, 1.807) is 0 Å². The molecule has 3 saturated heterocycles. The molecule has 0 radical (unpaired) electrons. The number of carbonyl (C=O) groups excluding carboxylic acids is 8. The predicted octanol–water partition coefficient (Wildman–Crippen LogP) is -3.50. The fraction of sp³-hybridized carbons (Fsp3) is 0.725. The number of carbonyl (C=O) groups is 8. The Kier molecular flexibility index (Phi) is 25.2. The zero-order chi connectivity index (χ0) is 60.0. The standard InChI is InChI=1S/C51H83N8O20P/c1-6-26(2)19-27(3)13-11-9-7-8-10-12-14-39(66)53-33-22-37(64)46(70)57-50(74)51(75)43(67)28(4)24-59(51)49(73)42(36(63)23-38(52)65)56-47(71)41(35(62)20-30-15-17-32(18-16-30)79-80(76,77)78)55-45(69)34-21-31(61)25-58(34)48(72)40(29(5)60)54-44(33)68/h15-18,26-29,31,33-37,40-43,46,60-64,67,70,75H,6-14,19-25H2,1-5H3,(H2,52,65)(H,53,66)(H,54,68)(H,55,69)(H,56,71)(H,57,74)(H2,76,77,78)/t26?,27?,28-,29+,31+,33+,34-,35+,36+,37+,40-,41-,42-,43-,46+,51+/m0/s1. The second-order valence-electron chi connectivity index (χ2n) is 21.8. The smallest absolute Gasteiger partial charge is 0.404 e. The molecule has 3 fully saturated rings. The Morgan fingerprint density at radius 1 is 0.787 bits per heavy atom. The molecule has 3 heterocycles. The molecular formula is C51H83N8O20P. The van der Waals surface area contributed by atoms with Crippen molar-refractivity contribution in [2.45, 2.75) is 203 Å². The highest BCUT2D eigenvalue weighted by Gasteiger charge is 2.60. The van der Waals surface area contributed by atoms with Crippen molar-refractivity contribution in [1.82, 2.24) is 36.4 Å². The van der Waals surface area contributed by atoms with Crippen molar-refractivity contribution in [2.24, 2.45) is 23.5 Å². The fourth-order valence-electron chi connectivity index (χ4n) is 10.2. The van der Waals surface area contributed by atoms with Gasteiger partial charge in [0.15, 0.2) is 6.23 Å². The number of phosphoric ester groups is 1. The van der Waals surface area contributed by atoms with Gasteiger partial charge in [0, 0.05) is 44.7 Å². The molecule has 1 aromatic rings. The lowest BCUT2D eigenvalue weighted by molar-refractivity contribution is -0.189. The lowest BCUT2D eigenvalue weighted by Gasteiger charge is -2.38. The zero-order valence-electron chi connectivity index (χ0n) is 45.8. The number of rotatable bonds is 22. The number of benzene rings is 1. The molecule has 0 bridgehead atoms. The molecule has 28 nitrogen and oxygen atoms in total. The summed E-state index contributed by atoms with van der Waals surface area (Å²) in [4.78, 5) is 131. The van der Waals surface area contributed by atoms with Crippen LogP contribution in [0.2, 0.25) is 0 Å². The van der Waals surface area contributed by atoms with E-state index < -0.39 is 179 Å². The summed E-state index contributed by atoms with van der Waals surface area (Å²) in [6.45, 7) is 7.67. The van der Waals surface area contributed by atoms with Crippen LogP contribution in [-0.2, 0) is 49.3 Å². The van der Waals surface area contributed by atoms with Crippen LogP contribution in [0, 0.1) is 17.8 Å². The van der Waals surface area contributed by atoms with Gasteiger partial charge in [-0.1, -0.05) is 84.8 Å². The van der Waals surface area contributed by atoms with Gasteiger partial charge in [-0.15, -0.1) is 0 Å². The number of nitrogens with two attached hydrogens (primary N) is 1. The summed E-state index contributed by atoms with van der Waals surface area (Å²) in [6, 6.07) is -5.65. The number of nitrogens with zero attached hydrogens (tertiary/aromatic N) is 2. The Morgan fingerprint density at radius 3 is 1.99 bits per heavy atom. The maximum absolute atomic E-state index is 14.6. The maximum atomic E-state index is 14.6. The van der Waals surface area contributed by atoms with Crippen LogP contribution in [0.4, 0.5) is 0 Å². The van der Waals surface area contributed by atoms with E-state index in [4.69, 9.17) is 5.73 Å². The van der Waals surface area contributed by atoms with E-state index in [1.165, 1.54) is 19.1 Å². The van der Waals surface area contributed by atoms with Crippen LogP contribution in [0.1, 0.15) is 124 Å². The van der Waals surface area contributed by atoms with Crippen LogP contribution < -0.4 is 36.8 Å². The van der Waals surface area contributed by atoms with Crippen LogP contribution >= 0.6 is 7.82 Å². The summed E-state index contributed by atoms with van der Waals surface area (Å²) < 4.78 is 16.0. The van der Waals surface area contributed by atoms with E-state index in [-0.39, 0.29) is 22.6 Å². The zero-order valence-corrected chi connectivity index (χ0v) is 46.7. The minimum absolute atomic E-state index is 0.123. The number of aliphatic hydroxyl groups is 8. The first kappa shape index (κ1) is 67.1. The molecule has 17 N–H and O–H groups in total. The van der Waals surface area contributed by atoms with E-state index in [1.807, 2.05) is 5.32 Å². The number of unbranched alkanes of at least 4 members (excludes halogenated alkanes) is 5. The van der Waals surface area contributed by atoms with Crippen molar-refractivity contribution < 1.29 is 98.1 Å². The number of hydrogen-bond acceptors (Lipinski definition) is 18. The third-order valence-corrected chi connectivity index (χ3v) is 15.3. The Balaban J connectivity index is 1.73. The topological polar surface area (TPSA) is 458 Å². The summed E-state index contributed by atoms with van der Waals surface area (Å²) in [7, 11) is -5.02. The highest BCUT2D eigenvalue weighted by molar-refractivity contribution is 7.46. The molecule has 0 spiro atoms. The Bertz CT molecular complexity index is 2350. The van der Waals surface area contributed by atoms with Crippen molar-refractivity contribution in [3.05, 3.63) is 29.8 Å². The van der Waals surface area contributed by atoms with Crippen molar-refractivity contribution >= 4 is 55.1 Å². The molecule has 0 saturated carbocycles. The first-order chi connectivity index (χ1) is 37.4. The van der Waals surface area contributed by atoms with E-state index in [2.05, 4.69) is 46.6 Å². The normalized spacial score (nSPS) is 29.6. The second kappa shape index (κ2) is 30.1. The fourth-order valence-corrected chi connectivity index (χ4v) is 10.6. The van der Waals surface area contributed by atoms with Gasteiger partial charge in [-0.3, -0.25) is 48.1 Å². The molecule has 3 aliphatic heterocycles. The van der Waals surface area contributed by atoms with Gasteiger partial charge >= 0.3 is 7.82 Å². The minimum Gasteiger partial charge on any atom is -0.404 e. The number of nitrogens with one attached hydrogen (secondary N) is 5. The largest absolute Gasteiger partial charge is 0.524 e. The predicted molar refractivity (Wildman–Crippen MR) is 281 cm³/mol. The molecular weight excluding hydrogens is 1080 g/mol. The Morgan fingerprint density at radius 2 is 1.39 bits per heavy atom. The molecule has 16 atom stereocenters. The van der Waals surface area contributed by atoms with Gasteiger partial charge in [0.25, 0.3) is 11.8 Å². The third kappa shape index (κ3) is 18.8. The molecule has 0 aromatic heterocycles. The van der Waals surface area contributed by atoms with Gasteiger partial charge in [0.05, 0.1) is 30.8 Å². The number of amides is 8. The van der Waals surface area contributed by atoms with Crippen molar-refractivity contribution in [3.8, 4) is 5.75 Å². The highest BCUT2D eigenvalue weighted by atomic mass is 31.2. The number of primary amides is 1. The average Bonchev–Trinajstić information content (AvgIpc) is 3.88. The Hall–Kier alpha value is -5.39. The van der Waals surface area contributed by atoms with E-state index in [9.17, 15) is 93.6 Å². The molecule has 0 aliphatic carbocycles. The summed E-state index contributed by atoms with van der Waals surface area (Å²) in [5.74, 6) is -10.8. The van der Waals surface area contributed by atoms with Gasteiger partial charge in [-0.25, -0.2) is 4.57 Å². The first-order valence-corrected chi connectivity index (χ1v) is 28.7. The van der Waals surface area contributed by atoms with Crippen LogP contribution in [-0.4, -0.2) is 200 Å². The lowest BCUT2D eigenvalue weighted by Crippen LogP contribution is -2.68. The molecule has 3 aliphatic rings. The molecule has 1 aromatic carbocycles. The van der Waals surface area contributed by atoms with Gasteiger partial charge < -0.3 is 87.5 Å². The molecule has 8 amide bonds. The molecule has 80 heavy (non-hydrogen) atoms. The van der Waals surface area contributed by atoms with Crippen molar-refractivity contribution in [1.29, 1.82) is 0 Å². The second-order valence-corrected chi connectivity index (χ2v) is 22.9. The quantitative estimate of drug-likeness (QED) is 0.0396. The van der Waals surface area contributed by atoms with E-state index >= 15 is 0 Å². The first-order valence-electron chi connectivity index (χ1n) is 27.1. The number of hydrogen-bond donors (Lipinski definition) is 16. The van der Waals surface area contributed by atoms with Gasteiger partial charge in [-0.05, 0) is 49.3 Å². The maximum Gasteiger partial charge on any atom is 0.524 e. The van der Waals surface area contributed by atoms with Crippen molar-refractivity contribution in [2.75, 3.05) is 13.1 Å². The molecule has 4 rings (SSSR count). The van der Waals surface area contributed by atoms with Crippen LogP contribution in [0.3, 0.4) is 0 Å². The van der Waals surface area contributed by atoms with Gasteiger partial charge in [0.1, 0.15) is 48.2 Å². The molecule has 29 heteroatoms. The number of fused-ring (bicyclic) bond motifs is 2. The SMILES string of the molecule is CCC(C)CC(C)CCCCCCCCC(=O)N[C@@H]1C[C@@H](O)[C@@H](O)NC(=O)[C@]2(O)[C@@H](O)[C@@H](C)CN2C(=O)[C@H]([C@H](O)CC(N)=O)NC(=O)[C@H]([C@H](O)Cc2ccc(OP(=O)(O)O)cc2)NC(=O)[C@@H]2C[C@@H](O)CN2C(=O)[C@H]([C@@H](C)O)NC1=O. The van der Waals surface area contributed by atoms with Gasteiger partial charge in [-0.2, -0.15) is 0 Å². The van der Waals surface area contributed by atoms with Gasteiger partial charge in [0.2, 0.25) is 41.2 Å². The van der Waals surface area contributed by atoms with Crippen LogP contribution in [0.5, 0.6) is 5.75 Å². The molecule has 452 valence electrons. The number of phosphoric acid groups is 1. The minimum atomic E-state index is -5.02. The van der Waals surface area contributed by atoms with E-state index in [0.717, 1.165) is 68.9 Å². The summed E-state index contributed by atoms with van der Waals surface area (Å²) in [5.41, 5.74) is 2.05. The van der Waals surface area contributed by atoms with Crippen molar-refractivity contribution in [3.63, 3.8) is 0 Å². The number of aliphatic hydroxyl groups excluding tert-OH is 7. The van der Waals surface area contributed by atoms with Crippen LogP contribution in [0.25, 0.3) is 0 Å². The molecule has 2 unspecified atom stereocenters. The summed E-state index contributed by atoms with van der Waals surface area (Å²) >= 11 is 0. The highest BCUT2D eigenvalue weighted by Crippen LogP contribution is 2.38.